The van der Waals surface area contributed by atoms with Crippen LogP contribution in [-0.4, -0.2) is 6.79 Å². The molecule has 2 nitrogen and oxygen atoms in total. The first-order valence-electron chi connectivity index (χ1n) is 8.88. The molecule has 0 saturated carbocycles. The summed E-state index contributed by atoms with van der Waals surface area (Å²) in [5.74, 6) is 1.74. The van der Waals surface area contributed by atoms with Crippen molar-refractivity contribution in [2.75, 3.05) is 6.79 Å². The quantitative estimate of drug-likeness (QED) is 0.307. The van der Waals surface area contributed by atoms with Crippen LogP contribution in [0.25, 0.3) is 43.1 Å². The van der Waals surface area contributed by atoms with Crippen LogP contribution in [0.3, 0.4) is 0 Å². The molecule has 1 aliphatic rings. The fourth-order valence-electron chi connectivity index (χ4n) is 4.42. The van der Waals surface area contributed by atoms with Crippen molar-refractivity contribution in [3.8, 4) is 11.5 Å². The normalized spacial score (nSPS) is 13.3. The third-order valence-corrected chi connectivity index (χ3v) is 5.53. The largest absolute Gasteiger partial charge is 0.453 e. The van der Waals surface area contributed by atoms with Crippen molar-refractivity contribution < 1.29 is 9.47 Å². The van der Waals surface area contributed by atoms with E-state index in [0.717, 1.165) is 22.3 Å². The number of hydrogen-bond donors (Lipinski definition) is 0. The Morgan fingerprint density at radius 1 is 0.577 bits per heavy atom. The molecule has 0 aliphatic carbocycles. The van der Waals surface area contributed by atoms with Gasteiger partial charge in [0.15, 0.2) is 11.5 Å². The first kappa shape index (κ1) is 14.0. The Bertz CT molecular complexity index is 1370. The highest BCUT2D eigenvalue weighted by atomic mass is 16.7. The Morgan fingerprint density at radius 2 is 1.27 bits per heavy atom. The van der Waals surface area contributed by atoms with Crippen molar-refractivity contribution in [2.24, 2.45) is 0 Å². The van der Waals surface area contributed by atoms with Crippen LogP contribution in [0.4, 0.5) is 0 Å². The van der Waals surface area contributed by atoms with Gasteiger partial charge in [0.05, 0.1) is 0 Å². The highest BCUT2D eigenvalue weighted by Crippen LogP contribution is 2.50. The van der Waals surface area contributed by atoms with Gasteiger partial charge in [-0.15, -0.1) is 0 Å². The topological polar surface area (TPSA) is 18.5 Å². The summed E-state index contributed by atoms with van der Waals surface area (Å²) in [6.07, 6.45) is 0. The van der Waals surface area contributed by atoms with Gasteiger partial charge in [0, 0.05) is 21.5 Å². The van der Waals surface area contributed by atoms with E-state index in [9.17, 15) is 0 Å². The third-order valence-electron chi connectivity index (χ3n) is 5.53. The molecule has 0 atom stereocenters. The molecule has 0 amide bonds. The monoisotopic (exact) mass is 336 g/mol. The molecule has 0 saturated heterocycles. The molecular weight excluding hydrogens is 320 g/mol. The van der Waals surface area contributed by atoms with Gasteiger partial charge in [0.2, 0.25) is 6.79 Å². The molecule has 5 aromatic rings. The Labute approximate surface area is 150 Å². The molecule has 2 heteroatoms. The summed E-state index contributed by atoms with van der Waals surface area (Å²) >= 11 is 0. The molecule has 1 aliphatic heterocycles. The summed E-state index contributed by atoms with van der Waals surface area (Å²) in [6.45, 7) is 2.46. The average Bonchev–Trinajstić information content (AvgIpc) is 3.17. The van der Waals surface area contributed by atoms with Crippen molar-refractivity contribution in [3.63, 3.8) is 0 Å². The van der Waals surface area contributed by atoms with Crippen LogP contribution in [0.2, 0.25) is 0 Å². The van der Waals surface area contributed by atoms with Gasteiger partial charge in [0.25, 0.3) is 0 Å². The molecular formula is C24H16O2. The maximum Gasteiger partial charge on any atom is 0.231 e. The van der Waals surface area contributed by atoms with Gasteiger partial charge in [-0.05, 0) is 46.2 Å². The van der Waals surface area contributed by atoms with E-state index in [1.165, 1.54) is 37.9 Å². The number of ether oxygens (including phenoxy) is 2. The van der Waals surface area contributed by atoms with E-state index in [2.05, 4.69) is 73.7 Å². The summed E-state index contributed by atoms with van der Waals surface area (Å²) in [6, 6.07) is 23.8. The van der Waals surface area contributed by atoms with Crippen LogP contribution in [-0.2, 0) is 0 Å². The second-order valence-corrected chi connectivity index (χ2v) is 6.94. The summed E-state index contributed by atoms with van der Waals surface area (Å²) in [5.41, 5.74) is 1.28. The maximum atomic E-state index is 5.90. The average molecular weight is 336 g/mol. The second-order valence-electron chi connectivity index (χ2n) is 6.94. The molecule has 26 heavy (non-hydrogen) atoms. The molecule has 124 valence electrons. The van der Waals surface area contributed by atoms with Crippen molar-refractivity contribution in [2.45, 2.75) is 6.92 Å². The Morgan fingerprint density at radius 3 is 2.12 bits per heavy atom. The number of aryl methyl sites for hydroxylation is 1. The van der Waals surface area contributed by atoms with E-state index in [-0.39, 0.29) is 6.79 Å². The van der Waals surface area contributed by atoms with E-state index >= 15 is 0 Å². The fourth-order valence-corrected chi connectivity index (χ4v) is 4.42. The van der Waals surface area contributed by atoms with Crippen LogP contribution in [0, 0.1) is 6.92 Å². The number of fused-ring (bicyclic) bond motifs is 10. The van der Waals surface area contributed by atoms with Gasteiger partial charge >= 0.3 is 0 Å². The molecule has 0 aromatic heterocycles. The van der Waals surface area contributed by atoms with Crippen molar-refractivity contribution in [3.05, 3.63) is 72.3 Å². The molecule has 1 heterocycles. The Balaban J connectivity index is 2.04. The van der Waals surface area contributed by atoms with Crippen LogP contribution in [0.1, 0.15) is 5.56 Å². The SMILES string of the molecule is Cc1cccc2ccc3c4c(c5ccc6ccccc6c5c3c12)OCO4. The highest BCUT2D eigenvalue weighted by molar-refractivity contribution is 6.30. The molecule has 0 spiro atoms. The first-order chi connectivity index (χ1) is 12.8. The maximum absolute atomic E-state index is 5.90. The minimum atomic E-state index is 0.280. The standard InChI is InChI=1S/C24H16O2/c1-14-5-4-7-16-10-12-19-22(20(14)16)21-17-8-3-2-6-15(17)9-11-18(21)23-24(19)26-13-25-23/h2-12H,13H2,1H3. The summed E-state index contributed by atoms with van der Waals surface area (Å²) < 4.78 is 11.8. The van der Waals surface area contributed by atoms with Gasteiger partial charge in [-0.1, -0.05) is 54.6 Å². The number of benzene rings is 5. The zero-order valence-electron chi connectivity index (χ0n) is 14.4. The predicted molar refractivity (Wildman–Crippen MR) is 107 cm³/mol. The molecule has 0 bridgehead atoms. The lowest BCUT2D eigenvalue weighted by molar-refractivity contribution is 0.175. The Hall–Kier alpha value is -3.26. The van der Waals surface area contributed by atoms with Crippen molar-refractivity contribution >= 4 is 43.1 Å². The minimum absolute atomic E-state index is 0.280. The molecule has 0 unspecified atom stereocenters. The molecule has 5 aromatic carbocycles. The zero-order chi connectivity index (χ0) is 17.3. The van der Waals surface area contributed by atoms with Gasteiger partial charge in [-0.2, -0.15) is 0 Å². The highest BCUT2D eigenvalue weighted by Gasteiger charge is 2.24. The van der Waals surface area contributed by atoms with E-state index in [1.54, 1.807) is 0 Å². The van der Waals surface area contributed by atoms with Crippen LogP contribution in [0.5, 0.6) is 11.5 Å². The predicted octanol–water partition coefficient (Wildman–Crippen LogP) is 6.34. The van der Waals surface area contributed by atoms with Crippen molar-refractivity contribution in [1.29, 1.82) is 0 Å². The second kappa shape index (κ2) is 4.89. The summed E-state index contributed by atoms with van der Waals surface area (Å²) in [5, 5.41) is 9.81. The van der Waals surface area contributed by atoms with Gasteiger partial charge in [-0.25, -0.2) is 0 Å². The van der Waals surface area contributed by atoms with Crippen LogP contribution >= 0.6 is 0 Å². The number of rotatable bonds is 0. The zero-order valence-corrected chi connectivity index (χ0v) is 14.4. The van der Waals surface area contributed by atoms with E-state index < -0.39 is 0 Å². The molecule has 0 N–H and O–H groups in total. The smallest absolute Gasteiger partial charge is 0.231 e. The third kappa shape index (κ3) is 1.66. The number of hydrogen-bond acceptors (Lipinski definition) is 2. The fraction of sp³-hybridized carbons (Fsp3) is 0.0833. The van der Waals surface area contributed by atoms with E-state index in [0.29, 0.717) is 0 Å². The van der Waals surface area contributed by atoms with Gasteiger partial charge in [-0.3, -0.25) is 0 Å². The van der Waals surface area contributed by atoms with Gasteiger partial charge < -0.3 is 9.47 Å². The molecule has 0 radical (unpaired) electrons. The lowest BCUT2D eigenvalue weighted by Gasteiger charge is -2.15. The van der Waals surface area contributed by atoms with Crippen LogP contribution < -0.4 is 9.47 Å². The lowest BCUT2D eigenvalue weighted by Crippen LogP contribution is -1.93. The Kier molecular flexibility index (Phi) is 2.63. The van der Waals surface area contributed by atoms with Gasteiger partial charge in [0.1, 0.15) is 0 Å². The molecule has 6 rings (SSSR count). The minimum Gasteiger partial charge on any atom is -0.453 e. The first-order valence-corrected chi connectivity index (χ1v) is 8.88. The van der Waals surface area contributed by atoms with Crippen LogP contribution in [0.15, 0.2) is 66.7 Å². The summed E-state index contributed by atoms with van der Waals surface area (Å²) in [7, 11) is 0. The van der Waals surface area contributed by atoms with Crippen molar-refractivity contribution in [1.82, 2.24) is 0 Å². The molecule has 0 fully saturated rings. The van der Waals surface area contributed by atoms with E-state index in [1.807, 2.05) is 0 Å². The summed E-state index contributed by atoms with van der Waals surface area (Å²) in [4.78, 5) is 0. The lowest BCUT2D eigenvalue weighted by atomic mass is 9.90. The van der Waals surface area contributed by atoms with E-state index in [4.69, 9.17) is 9.47 Å².